The van der Waals surface area contributed by atoms with Crippen molar-refractivity contribution in [1.29, 1.82) is 0 Å². The molecule has 84 valence electrons. The van der Waals surface area contributed by atoms with E-state index in [4.69, 9.17) is 11.6 Å². The maximum atomic E-state index is 13.7. The van der Waals surface area contributed by atoms with Crippen molar-refractivity contribution in [2.45, 2.75) is 19.8 Å². The van der Waals surface area contributed by atoms with Gasteiger partial charge in [0.05, 0.1) is 11.2 Å². The second-order valence-electron chi connectivity index (χ2n) is 3.95. The fourth-order valence-corrected chi connectivity index (χ4v) is 1.61. The molecule has 16 heavy (non-hydrogen) atoms. The Morgan fingerprint density at radius 3 is 2.75 bits per heavy atom. The van der Waals surface area contributed by atoms with Gasteiger partial charge in [0, 0.05) is 6.20 Å². The van der Waals surface area contributed by atoms with Crippen LogP contribution >= 0.6 is 11.6 Å². The highest BCUT2D eigenvalue weighted by Crippen LogP contribution is 2.22. The van der Waals surface area contributed by atoms with Crippen LogP contribution in [0.4, 0.5) is 4.39 Å². The third-order valence-electron chi connectivity index (χ3n) is 2.45. The predicted octanol–water partition coefficient (Wildman–Crippen LogP) is 3.79. The van der Waals surface area contributed by atoms with Gasteiger partial charge in [-0.25, -0.2) is 9.07 Å². The van der Waals surface area contributed by atoms with Crippen LogP contribution in [0.3, 0.4) is 0 Å². The average Bonchev–Trinajstić information content (AvgIpc) is 2.71. The van der Waals surface area contributed by atoms with Crippen molar-refractivity contribution in [2.75, 3.05) is 0 Å². The van der Waals surface area contributed by atoms with E-state index >= 15 is 0 Å². The second kappa shape index (κ2) is 4.26. The highest BCUT2D eigenvalue weighted by Gasteiger charge is 2.10. The highest BCUT2D eigenvalue weighted by molar-refractivity contribution is 6.30. The van der Waals surface area contributed by atoms with Crippen LogP contribution in [0, 0.1) is 5.82 Å². The zero-order valence-corrected chi connectivity index (χ0v) is 9.87. The van der Waals surface area contributed by atoms with Crippen LogP contribution in [-0.4, -0.2) is 9.78 Å². The summed E-state index contributed by atoms with van der Waals surface area (Å²) in [6, 6.07) is 4.88. The van der Waals surface area contributed by atoms with Gasteiger partial charge >= 0.3 is 0 Å². The summed E-state index contributed by atoms with van der Waals surface area (Å²) in [5.41, 5.74) is 1.44. The van der Waals surface area contributed by atoms with Gasteiger partial charge in [-0.1, -0.05) is 31.5 Å². The number of nitrogens with zero attached hydrogens (tertiary/aromatic N) is 2. The van der Waals surface area contributed by atoms with Gasteiger partial charge in [-0.15, -0.1) is 0 Å². The molecule has 0 saturated carbocycles. The Bertz CT molecular complexity index is 505. The van der Waals surface area contributed by atoms with E-state index in [1.54, 1.807) is 18.3 Å². The first-order valence-corrected chi connectivity index (χ1v) is 5.46. The third kappa shape index (κ3) is 1.95. The van der Waals surface area contributed by atoms with Gasteiger partial charge in [0.25, 0.3) is 0 Å². The van der Waals surface area contributed by atoms with Crippen molar-refractivity contribution in [3.63, 3.8) is 0 Å². The number of halogens is 2. The molecule has 0 fully saturated rings. The summed E-state index contributed by atoms with van der Waals surface area (Å²) in [5, 5.41) is 4.24. The Labute approximate surface area is 98.7 Å². The van der Waals surface area contributed by atoms with E-state index in [-0.39, 0.29) is 5.02 Å². The first-order chi connectivity index (χ1) is 7.59. The van der Waals surface area contributed by atoms with Gasteiger partial charge in [0.2, 0.25) is 0 Å². The summed E-state index contributed by atoms with van der Waals surface area (Å²) >= 11 is 5.72. The largest absolute Gasteiger partial charge is 0.238 e. The smallest absolute Gasteiger partial charge is 0.167 e. The molecule has 0 aliphatic carbocycles. The van der Waals surface area contributed by atoms with Crippen LogP contribution in [0.2, 0.25) is 5.02 Å². The molecule has 0 unspecified atom stereocenters. The maximum absolute atomic E-state index is 13.7. The van der Waals surface area contributed by atoms with E-state index in [9.17, 15) is 4.39 Å². The van der Waals surface area contributed by atoms with Gasteiger partial charge in [-0.05, 0) is 23.6 Å². The molecule has 2 rings (SSSR count). The summed E-state index contributed by atoms with van der Waals surface area (Å²) in [6.07, 6.45) is 3.56. The topological polar surface area (TPSA) is 17.8 Å². The minimum atomic E-state index is -0.442. The number of benzene rings is 1. The molecule has 1 aromatic heterocycles. The first-order valence-electron chi connectivity index (χ1n) is 5.08. The monoisotopic (exact) mass is 238 g/mol. The first kappa shape index (κ1) is 11.1. The Morgan fingerprint density at radius 2 is 2.12 bits per heavy atom. The Morgan fingerprint density at radius 1 is 1.38 bits per heavy atom. The fraction of sp³-hybridized carbons (Fsp3) is 0.250. The zero-order chi connectivity index (χ0) is 11.7. The van der Waals surface area contributed by atoms with E-state index in [0.717, 1.165) is 5.56 Å². The molecular weight excluding hydrogens is 227 g/mol. The van der Waals surface area contributed by atoms with Crippen molar-refractivity contribution in [1.82, 2.24) is 9.78 Å². The van der Waals surface area contributed by atoms with E-state index in [2.05, 4.69) is 18.9 Å². The quantitative estimate of drug-likeness (QED) is 0.778. The highest BCUT2D eigenvalue weighted by atomic mass is 35.5. The molecule has 0 aliphatic rings. The SMILES string of the molecule is CC(C)c1cnn(-c2cccc(Cl)c2F)c1. The molecule has 2 nitrogen and oxygen atoms in total. The summed E-state index contributed by atoms with van der Waals surface area (Å²) < 4.78 is 15.2. The Balaban J connectivity index is 2.47. The lowest BCUT2D eigenvalue weighted by Gasteiger charge is -2.04. The van der Waals surface area contributed by atoms with Crippen molar-refractivity contribution in [3.05, 3.63) is 47.0 Å². The summed E-state index contributed by atoms with van der Waals surface area (Å²) in [6.45, 7) is 4.13. The van der Waals surface area contributed by atoms with E-state index in [1.165, 1.54) is 10.7 Å². The summed E-state index contributed by atoms with van der Waals surface area (Å²) in [7, 11) is 0. The van der Waals surface area contributed by atoms with Gasteiger partial charge < -0.3 is 0 Å². The number of rotatable bonds is 2. The third-order valence-corrected chi connectivity index (χ3v) is 2.74. The van der Waals surface area contributed by atoms with Crippen LogP contribution in [0.25, 0.3) is 5.69 Å². The van der Waals surface area contributed by atoms with E-state index < -0.39 is 5.82 Å². The van der Waals surface area contributed by atoms with Gasteiger partial charge in [-0.3, -0.25) is 0 Å². The van der Waals surface area contributed by atoms with Crippen LogP contribution in [-0.2, 0) is 0 Å². The molecule has 2 aromatic rings. The molecule has 4 heteroatoms. The van der Waals surface area contributed by atoms with Crippen molar-refractivity contribution >= 4 is 11.6 Å². The zero-order valence-electron chi connectivity index (χ0n) is 9.11. The number of aromatic nitrogens is 2. The maximum Gasteiger partial charge on any atom is 0.167 e. The summed E-state index contributed by atoms with van der Waals surface area (Å²) in [4.78, 5) is 0. The van der Waals surface area contributed by atoms with E-state index in [0.29, 0.717) is 11.6 Å². The number of hydrogen-bond donors (Lipinski definition) is 0. The van der Waals surface area contributed by atoms with Crippen molar-refractivity contribution < 1.29 is 4.39 Å². The van der Waals surface area contributed by atoms with Gasteiger partial charge in [-0.2, -0.15) is 5.10 Å². The Kier molecular flexibility index (Phi) is 2.97. The van der Waals surface area contributed by atoms with Crippen LogP contribution in [0.15, 0.2) is 30.6 Å². The van der Waals surface area contributed by atoms with E-state index in [1.807, 2.05) is 6.20 Å². The molecule has 0 bridgehead atoms. The molecule has 0 saturated heterocycles. The number of hydrogen-bond acceptors (Lipinski definition) is 1. The molecule has 1 heterocycles. The van der Waals surface area contributed by atoms with Crippen LogP contribution < -0.4 is 0 Å². The standard InChI is InChI=1S/C12H12ClFN2/c1-8(2)9-6-15-16(7-9)11-5-3-4-10(13)12(11)14/h3-8H,1-2H3. The van der Waals surface area contributed by atoms with Crippen LogP contribution in [0.5, 0.6) is 0 Å². The molecule has 0 N–H and O–H groups in total. The van der Waals surface area contributed by atoms with Crippen LogP contribution in [0.1, 0.15) is 25.3 Å². The fourth-order valence-electron chi connectivity index (χ4n) is 1.44. The lowest BCUT2D eigenvalue weighted by molar-refractivity contribution is 0.611. The average molecular weight is 239 g/mol. The minimum Gasteiger partial charge on any atom is -0.238 e. The predicted molar refractivity (Wildman–Crippen MR) is 62.6 cm³/mol. The molecule has 0 aliphatic heterocycles. The molecule has 0 atom stereocenters. The normalized spacial score (nSPS) is 11.1. The lowest BCUT2D eigenvalue weighted by Crippen LogP contribution is -1.98. The van der Waals surface area contributed by atoms with Gasteiger partial charge in [0.15, 0.2) is 5.82 Å². The molecule has 0 amide bonds. The molecule has 0 radical (unpaired) electrons. The van der Waals surface area contributed by atoms with Crippen molar-refractivity contribution in [2.24, 2.45) is 0 Å². The molecular formula is C12H12ClFN2. The lowest BCUT2D eigenvalue weighted by atomic mass is 10.1. The molecule has 0 spiro atoms. The summed E-state index contributed by atoms with van der Waals surface area (Å²) in [5.74, 6) is -0.0708. The Hall–Kier alpha value is -1.35. The second-order valence-corrected chi connectivity index (χ2v) is 4.35. The molecule has 1 aromatic carbocycles. The van der Waals surface area contributed by atoms with Gasteiger partial charge in [0.1, 0.15) is 5.69 Å². The minimum absolute atomic E-state index is 0.110. The van der Waals surface area contributed by atoms with Crippen molar-refractivity contribution in [3.8, 4) is 5.69 Å².